The Morgan fingerprint density at radius 2 is 2.11 bits per heavy atom. The number of hydrogen-bond donors (Lipinski definition) is 0. The van der Waals surface area contributed by atoms with Gasteiger partial charge in [0.25, 0.3) is 0 Å². The van der Waals surface area contributed by atoms with Crippen LogP contribution in [0.15, 0.2) is 23.4 Å². The zero-order chi connectivity index (χ0) is 20.1. The molecule has 1 aromatic rings. The molecular weight excluding hydrogens is 350 g/mol. The first-order chi connectivity index (χ1) is 13.4. The Hall–Kier alpha value is -1.84. The monoisotopic (exact) mass is 381 g/mol. The minimum atomic E-state index is -0.261. The van der Waals surface area contributed by atoms with E-state index in [0.29, 0.717) is 35.6 Å². The highest BCUT2D eigenvalue weighted by molar-refractivity contribution is 5.94. The molecule has 4 nitrogen and oxygen atoms in total. The van der Waals surface area contributed by atoms with Crippen molar-refractivity contribution in [1.29, 1.82) is 0 Å². The number of rotatable bonds is 5. The summed E-state index contributed by atoms with van der Waals surface area (Å²) < 4.78 is 0. The lowest BCUT2D eigenvalue weighted by Crippen LogP contribution is -2.42. The predicted molar refractivity (Wildman–Crippen MR) is 109 cm³/mol. The van der Waals surface area contributed by atoms with Crippen molar-refractivity contribution in [1.82, 2.24) is 0 Å². The van der Waals surface area contributed by atoms with E-state index in [9.17, 15) is 14.5 Å². The van der Waals surface area contributed by atoms with E-state index in [1.54, 1.807) is 0 Å². The number of fused-ring (bicyclic) bond motifs is 5. The van der Waals surface area contributed by atoms with E-state index in [1.807, 2.05) is 26.0 Å². The van der Waals surface area contributed by atoms with Gasteiger partial charge in [-0.05, 0) is 84.7 Å². The van der Waals surface area contributed by atoms with Crippen molar-refractivity contribution in [2.45, 2.75) is 71.6 Å². The number of nitroso groups, excluding NO2 is 1. The van der Waals surface area contributed by atoms with Gasteiger partial charge in [-0.25, -0.2) is 0 Å². The third-order valence-electron chi connectivity index (χ3n) is 8.29. The van der Waals surface area contributed by atoms with Crippen LogP contribution < -0.4 is 0 Å². The van der Waals surface area contributed by atoms with Crippen molar-refractivity contribution in [2.24, 2.45) is 34.3 Å². The fourth-order valence-corrected chi connectivity index (χ4v) is 6.41. The molecule has 3 aliphatic carbocycles. The van der Waals surface area contributed by atoms with Crippen LogP contribution in [0, 0.1) is 34.0 Å². The van der Waals surface area contributed by atoms with Gasteiger partial charge in [0, 0.05) is 23.7 Å². The molecule has 3 aliphatic rings. The molecule has 5 unspecified atom stereocenters. The summed E-state index contributed by atoms with van der Waals surface area (Å²) >= 11 is 0. The van der Waals surface area contributed by atoms with Gasteiger partial charge in [0.15, 0.2) is 0 Å². The molecule has 0 amide bonds. The van der Waals surface area contributed by atoms with Crippen LogP contribution in [0.5, 0.6) is 0 Å². The predicted octanol–water partition coefficient (Wildman–Crippen LogP) is 5.74. The molecule has 0 N–H and O–H groups in total. The molecule has 0 bridgehead atoms. The molecule has 0 saturated heterocycles. The maximum absolute atomic E-state index is 13.3. The number of aryl methyl sites for hydroxylation is 1. The summed E-state index contributed by atoms with van der Waals surface area (Å²) in [6.07, 6.45) is 6.12. The van der Waals surface area contributed by atoms with Crippen molar-refractivity contribution in [3.8, 4) is 0 Å². The van der Waals surface area contributed by atoms with E-state index < -0.39 is 0 Å². The second kappa shape index (κ2) is 7.20. The number of benzene rings is 1. The molecule has 150 valence electrons. The fourth-order valence-electron chi connectivity index (χ4n) is 6.41. The number of ketones is 2. The summed E-state index contributed by atoms with van der Waals surface area (Å²) in [5.74, 6) is 1.93. The second-order valence-corrected chi connectivity index (χ2v) is 9.62. The van der Waals surface area contributed by atoms with E-state index >= 15 is 0 Å². The van der Waals surface area contributed by atoms with E-state index in [0.717, 1.165) is 38.5 Å². The summed E-state index contributed by atoms with van der Waals surface area (Å²) in [7, 11) is 0. The molecule has 1 aromatic carbocycles. The van der Waals surface area contributed by atoms with Gasteiger partial charge < -0.3 is 0 Å². The summed E-state index contributed by atoms with van der Waals surface area (Å²) in [4.78, 5) is 36.7. The van der Waals surface area contributed by atoms with Crippen LogP contribution in [0.3, 0.4) is 0 Å². The molecule has 0 heterocycles. The zero-order valence-corrected chi connectivity index (χ0v) is 17.2. The Balaban J connectivity index is 1.58. The van der Waals surface area contributed by atoms with Crippen LogP contribution in [0.25, 0.3) is 0 Å². The Bertz CT molecular complexity index is 816. The topological polar surface area (TPSA) is 63.6 Å². The Labute approximate surface area is 167 Å². The van der Waals surface area contributed by atoms with Gasteiger partial charge in [0.05, 0.1) is 0 Å². The standard InChI is InChI=1S/C24H31NO3/c1-4-14(2)22(26)13-16-12-21-20-7-5-15-11-17(25-28)6-8-18(15)19(20)9-10-24(21,3)23(16)27/h6,8,11,14,16,19-21H,4-5,7,9-10,12-13H2,1-3H3/t14?,16?,19?,20?,21?,24-/m0/s1. The molecule has 0 aliphatic heterocycles. The van der Waals surface area contributed by atoms with Gasteiger partial charge in [-0.3, -0.25) is 9.59 Å². The summed E-state index contributed by atoms with van der Waals surface area (Å²) in [5.41, 5.74) is 2.87. The molecule has 0 radical (unpaired) electrons. The Kier molecular flexibility index (Phi) is 5.01. The number of Topliss-reactive ketones (excluding diaryl/α,β-unsaturated/α-hetero) is 2. The van der Waals surface area contributed by atoms with Gasteiger partial charge in [0.1, 0.15) is 17.3 Å². The van der Waals surface area contributed by atoms with Gasteiger partial charge in [-0.1, -0.05) is 26.8 Å². The quantitative estimate of drug-likeness (QED) is 0.611. The number of hydrogen-bond acceptors (Lipinski definition) is 4. The lowest BCUT2D eigenvalue weighted by atomic mass is 9.55. The molecule has 0 spiro atoms. The van der Waals surface area contributed by atoms with Crippen molar-refractivity contribution >= 4 is 17.3 Å². The van der Waals surface area contributed by atoms with Crippen LogP contribution in [-0.4, -0.2) is 11.6 Å². The van der Waals surface area contributed by atoms with Crippen molar-refractivity contribution in [3.63, 3.8) is 0 Å². The first kappa shape index (κ1) is 19.5. The second-order valence-electron chi connectivity index (χ2n) is 9.62. The molecule has 28 heavy (non-hydrogen) atoms. The van der Waals surface area contributed by atoms with E-state index in [4.69, 9.17) is 0 Å². The average Bonchev–Trinajstić information content (AvgIpc) is 2.97. The summed E-state index contributed by atoms with van der Waals surface area (Å²) in [6.45, 7) is 6.18. The average molecular weight is 382 g/mol. The Morgan fingerprint density at radius 1 is 1.32 bits per heavy atom. The number of nitrogens with zero attached hydrogens (tertiary/aromatic N) is 1. The molecule has 2 saturated carbocycles. The van der Waals surface area contributed by atoms with Gasteiger partial charge in [-0.15, -0.1) is 4.91 Å². The van der Waals surface area contributed by atoms with E-state index in [-0.39, 0.29) is 23.0 Å². The summed E-state index contributed by atoms with van der Waals surface area (Å²) in [6, 6.07) is 5.86. The zero-order valence-electron chi connectivity index (χ0n) is 17.2. The maximum Gasteiger partial charge on any atom is 0.142 e. The highest BCUT2D eigenvalue weighted by Gasteiger charge is 2.58. The minimum Gasteiger partial charge on any atom is -0.299 e. The van der Waals surface area contributed by atoms with Crippen LogP contribution in [0.4, 0.5) is 5.69 Å². The molecular formula is C24H31NO3. The third-order valence-corrected chi connectivity index (χ3v) is 8.29. The van der Waals surface area contributed by atoms with Crippen molar-refractivity contribution < 1.29 is 9.59 Å². The third kappa shape index (κ3) is 2.96. The van der Waals surface area contributed by atoms with Gasteiger partial charge in [-0.2, -0.15) is 0 Å². The first-order valence-corrected chi connectivity index (χ1v) is 10.9. The van der Waals surface area contributed by atoms with Gasteiger partial charge >= 0.3 is 0 Å². The highest BCUT2D eigenvalue weighted by atomic mass is 16.3. The molecule has 4 heteroatoms. The molecule has 0 aromatic heterocycles. The smallest absolute Gasteiger partial charge is 0.142 e. The van der Waals surface area contributed by atoms with E-state index in [1.165, 1.54) is 11.1 Å². The SMILES string of the molecule is CCC(C)C(=O)CC1CC2C3CCc4cc(N=O)ccc4C3CC[C@]2(C)C1=O. The molecule has 2 fully saturated rings. The highest BCUT2D eigenvalue weighted by Crippen LogP contribution is 2.61. The number of carbonyl (C=O) groups excluding carboxylic acids is 2. The van der Waals surface area contributed by atoms with Crippen LogP contribution in [0.1, 0.15) is 76.3 Å². The lowest BCUT2D eigenvalue weighted by Gasteiger charge is -2.48. The normalized spacial score (nSPS) is 34.9. The van der Waals surface area contributed by atoms with Crippen LogP contribution in [0.2, 0.25) is 0 Å². The molecule has 4 rings (SSSR count). The Morgan fingerprint density at radius 3 is 2.82 bits per heavy atom. The van der Waals surface area contributed by atoms with Crippen LogP contribution in [-0.2, 0) is 16.0 Å². The van der Waals surface area contributed by atoms with Crippen molar-refractivity contribution in [3.05, 3.63) is 34.2 Å². The van der Waals surface area contributed by atoms with E-state index in [2.05, 4.69) is 18.2 Å². The van der Waals surface area contributed by atoms with Crippen LogP contribution >= 0.6 is 0 Å². The number of carbonyl (C=O) groups is 2. The summed E-state index contributed by atoms with van der Waals surface area (Å²) in [5, 5.41) is 3.09. The fraction of sp³-hybridized carbons (Fsp3) is 0.667. The minimum absolute atomic E-state index is 0.0539. The first-order valence-electron chi connectivity index (χ1n) is 10.9. The largest absolute Gasteiger partial charge is 0.299 e. The lowest BCUT2D eigenvalue weighted by molar-refractivity contribution is -0.134. The van der Waals surface area contributed by atoms with Gasteiger partial charge in [0.2, 0.25) is 0 Å². The molecule has 6 atom stereocenters. The maximum atomic E-state index is 13.3. The van der Waals surface area contributed by atoms with Crippen molar-refractivity contribution in [2.75, 3.05) is 0 Å².